The molecule has 0 aliphatic heterocycles. The zero-order valence-electron chi connectivity index (χ0n) is 9.62. The fraction of sp³-hybridized carbons (Fsp3) is 0.273. The van der Waals surface area contributed by atoms with E-state index < -0.39 is 22.0 Å². The highest BCUT2D eigenvalue weighted by atomic mass is 32.2. The summed E-state index contributed by atoms with van der Waals surface area (Å²) in [4.78, 5) is 10.7. The summed E-state index contributed by atoms with van der Waals surface area (Å²) >= 11 is 0. The number of carboxylic acids is 1. The topological polar surface area (TPSA) is 107 Å². The summed E-state index contributed by atoms with van der Waals surface area (Å²) in [7, 11) is -3.88. The van der Waals surface area contributed by atoms with Crippen LogP contribution in [-0.4, -0.2) is 25.5 Å². The van der Waals surface area contributed by atoms with E-state index in [0.29, 0.717) is 5.56 Å². The number of benzene rings is 1. The predicted octanol–water partition coefficient (Wildman–Crippen LogP) is 0.700. The van der Waals surface area contributed by atoms with Gasteiger partial charge in [-0.3, -0.25) is 4.79 Å². The van der Waals surface area contributed by atoms with Crippen LogP contribution in [0.2, 0.25) is 0 Å². The number of sulfonamides is 1. The lowest BCUT2D eigenvalue weighted by molar-refractivity contribution is -0.139. The minimum Gasteiger partial charge on any atom is -0.480 e. The van der Waals surface area contributed by atoms with Gasteiger partial charge in [0.2, 0.25) is 10.0 Å². The van der Waals surface area contributed by atoms with Crippen LogP contribution in [-0.2, 0) is 14.8 Å². The number of nitrogens with one attached hydrogen (secondary N) is 1. The van der Waals surface area contributed by atoms with Crippen molar-refractivity contribution in [1.29, 1.82) is 5.26 Å². The largest absolute Gasteiger partial charge is 0.480 e. The van der Waals surface area contributed by atoms with Gasteiger partial charge in [-0.05, 0) is 30.7 Å². The molecule has 6 nitrogen and oxygen atoms in total. The molecule has 0 saturated carbocycles. The van der Waals surface area contributed by atoms with Crippen LogP contribution in [0.1, 0.15) is 18.9 Å². The summed E-state index contributed by atoms with van der Waals surface area (Å²) in [5.74, 6) is -1.23. The van der Waals surface area contributed by atoms with Gasteiger partial charge in [0.25, 0.3) is 0 Å². The average molecular weight is 268 g/mol. The lowest BCUT2D eigenvalue weighted by Gasteiger charge is -2.12. The Hall–Kier alpha value is -1.91. The summed E-state index contributed by atoms with van der Waals surface area (Å²) in [6.45, 7) is 1.57. The molecule has 0 aliphatic carbocycles. The van der Waals surface area contributed by atoms with E-state index in [9.17, 15) is 13.2 Å². The summed E-state index contributed by atoms with van der Waals surface area (Å²) in [5.41, 5.74) is 0.333. The van der Waals surface area contributed by atoms with Crippen molar-refractivity contribution in [2.45, 2.75) is 24.3 Å². The van der Waals surface area contributed by atoms with Crippen molar-refractivity contribution < 1.29 is 18.3 Å². The molecule has 0 aromatic heterocycles. The van der Waals surface area contributed by atoms with Gasteiger partial charge in [0.15, 0.2) is 0 Å². The summed E-state index contributed by atoms with van der Waals surface area (Å²) in [6.07, 6.45) is 0.144. The number of hydrogen-bond donors (Lipinski definition) is 2. The van der Waals surface area contributed by atoms with Crippen molar-refractivity contribution in [3.8, 4) is 6.07 Å². The van der Waals surface area contributed by atoms with Crippen molar-refractivity contribution >= 4 is 16.0 Å². The molecule has 7 heteroatoms. The van der Waals surface area contributed by atoms with E-state index in [1.165, 1.54) is 24.3 Å². The van der Waals surface area contributed by atoms with Crippen LogP contribution in [0.5, 0.6) is 0 Å². The molecule has 0 saturated heterocycles. The maximum absolute atomic E-state index is 11.8. The van der Waals surface area contributed by atoms with Crippen LogP contribution in [0.15, 0.2) is 29.2 Å². The van der Waals surface area contributed by atoms with E-state index in [2.05, 4.69) is 4.72 Å². The van der Waals surface area contributed by atoms with Gasteiger partial charge in [-0.15, -0.1) is 0 Å². The molecule has 0 aliphatic rings. The molecular formula is C11H12N2O4S. The Labute approximate surface area is 105 Å². The van der Waals surface area contributed by atoms with E-state index >= 15 is 0 Å². The highest BCUT2D eigenvalue weighted by molar-refractivity contribution is 7.89. The quantitative estimate of drug-likeness (QED) is 0.817. The Bertz CT molecular complexity index is 572. The maximum Gasteiger partial charge on any atom is 0.321 e. The number of nitriles is 1. The molecule has 96 valence electrons. The lowest BCUT2D eigenvalue weighted by Crippen LogP contribution is -2.40. The zero-order chi connectivity index (χ0) is 13.8. The van der Waals surface area contributed by atoms with Gasteiger partial charge in [-0.1, -0.05) is 6.92 Å². The Morgan fingerprint density at radius 1 is 1.44 bits per heavy atom. The first kappa shape index (κ1) is 14.2. The highest BCUT2D eigenvalue weighted by Crippen LogP contribution is 2.11. The molecule has 1 atom stereocenters. The normalized spacial score (nSPS) is 12.7. The Balaban J connectivity index is 2.99. The number of aliphatic carboxylic acids is 1. The first-order chi connectivity index (χ1) is 8.40. The molecule has 18 heavy (non-hydrogen) atoms. The maximum atomic E-state index is 11.8. The monoisotopic (exact) mass is 268 g/mol. The third-order valence-electron chi connectivity index (χ3n) is 2.30. The molecule has 0 radical (unpaired) electrons. The fourth-order valence-electron chi connectivity index (χ4n) is 1.27. The first-order valence-electron chi connectivity index (χ1n) is 5.16. The molecule has 1 unspecified atom stereocenters. The third kappa shape index (κ3) is 3.29. The average Bonchev–Trinajstić information content (AvgIpc) is 2.35. The van der Waals surface area contributed by atoms with E-state index in [-0.39, 0.29) is 11.3 Å². The Morgan fingerprint density at radius 2 is 2.00 bits per heavy atom. The second kappa shape index (κ2) is 5.62. The van der Waals surface area contributed by atoms with E-state index in [1.807, 2.05) is 6.07 Å². The van der Waals surface area contributed by atoms with Gasteiger partial charge in [0, 0.05) is 0 Å². The number of hydrogen-bond acceptors (Lipinski definition) is 4. The van der Waals surface area contributed by atoms with Gasteiger partial charge < -0.3 is 5.11 Å². The molecule has 0 amide bonds. The molecule has 0 fully saturated rings. The van der Waals surface area contributed by atoms with Crippen LogP contribution < -0.4 is 4.72 Å². The Kier molecular flexibility index (Phi) is 4.42. The second-order valence-electron chi connectivity index (χ2n) is 3.56. The number of carbonyl (C=O) groups is 1. The summed E-state index contributed by atoms with van der Waals surface area (Å²) < 4.78 is 25.8. The predicted molar refractivity (Wildman–Crippen MR) is 63.2 cm³/mol. The first-order valence-corrected chi connectivity index (χ1v) is 6.64. The molecule has 1 aromatic rings. The van der Waals surface area contributed by atoms with Crippen LogP contribution in [0, 0.1) is 11.3 Å². The lowest BCUT2D eigenvalue weighted by atomic mass is 10.2. The van der Waals surface area contributed by atoms with E-state index in [4.69, 9.17) is 10.4 Å². The molecule has 0 heterocycles. The van der Waals surface area contributed by atoms with Crippen molar-refractivity contribution in [1.82, 2.24) is 4.72 Å². The van der Waals surface area contributed by atoms with Crippen molar-refractivity contribution in [3.05, 3.63) is 29.8 Å². The number of rotatable bonds is 5. The van der Waals surface area contributed by atoms with Gasteiger partial charge in [0.1, 0.15) is 6.04 Å². The highest BCUT2D eigenvalue weighted by Gasteiger charge is 2.23. The molecule has 0 bridgehead atoms. The van der Waals surface area contributed by atoms with Crippen molar-refractivity contribution in [2.75, 3.05) is 0 Å². The minimum absolute atomic E-state index is 0.0683. The van der Waals surface area contributed by atoms with Crippen molar-refractivity contribution in [2.24, 2.45) is 0 Å². The smallest absolute Gasteiger partial charge is 0.321 e. The van der Waals surface area contributed by atoms with Crippen molar-refractivity contribution in [3.63, 3.8) is 0 Å². The van der Waals surface area contributed by atoms with Gasteiger partial charge in [0.05, 0.1) is 16.5 Å². The second-order valence-corrected chi connectivity index (χ2v) is 5.27. The number of nitrogens with zero attached hydrogens (tertiary/aromatic N) is 1. The summed E-state index contributed by atoms with van der Waals surface area (Å²) in [6, 6.07) is 5.94. The SMILES string of the molecule is CCC(NS(=O)(=O)c1ccc(C#N)cc1)C(=O)O. The van der Waals surface area contributed by atoms with Gasteiger partial charge >= 0.3 is 5.97 Å². The van der Waals surface area contributed by atoms with Crippen LogP contribution in [0.4, 0.5) is 0 Å². The van der Waals surface area contributed by atoms with Crippen LogP contribution in [0.25, 0.3) is 0 Å². The summed E-state index contributed by atoms with van der Waals surface area (Å²) in [5, 5.41) is 17.4. The van der Waals surface area contributed by atoms with E-state index in [0.717, 1.165) is 0 Å². The van der Waals surface area contributed by atoms with Gasteiger partial charge in [-0.2, -0.15) is 9.98 Å². The number of carboxylic acid groups (broad SMARTS) is 1. The Morgan fingerprint density at radius 3 is 2.39 bits per heavy atom. The van der Waals surface area contributed by atoms with E-state index in [1.54, 1.807) is 6.92 Å². The van der Waals surface area contributed by atoms with Crippen LogP contribution in [0.3, 0.4) is 0 Å². The molecule has 2 N–H and O–H groups in total. The zero-order valence-corrected chi connectivity index (χ0v) is 10.4. The van der Waals surface area contributed by atoms with Gasteiger partial charge in [-0.25, -0.2) is 8.42 Å². The standard InChI is InChI=1S/C11H12N2O4S/c1-2-10(11(14)15)13-18(16,17)9-5-3-8(7-12)4-6-9/h3-6,10,13H,2H2,1H3,(H,14,15). The molecule has 0 spiro atoms. The minimum atomic E-state index is -3.88. The fourth-order valence-corrected chi connectivity index (χ4v) is 2.54. The molecular weight excluding hydrogens is 256 g/mol. The third-order valence-corrected chi connectivity index (χ3v) is 3.79. The van der Waals surface area contributed by atoms with Crippen LogP contribution >= 0.6 is 0 Å². The molecule has 1 aromatic carbocycles. The molecule has 1 rings (SSSR count).